The minimum atomic E-state index is 0.576. The summed E-state index contributed by atoms with van der Waals surface area (Å²) in [6.45, 7) is 1.17. The van der Waals surface area contributed by atoms with Crippen LogP contribution in [0.4, 0.5) is 17.2 Å². The van der Waals surface area contributed by atoms with Gasteiger partial charge in [-0.1, -0.05) is 0 Å². The Labute approximate surface area is 116 Å². The summed E-state index contributed by atoms with van der Waals surface area (Å²) in [6, 6.07) is 9.51. The molecule has 6 nitrogen and oxygen atoms in total. The molecule has 1 aliphatic rings. The van der Waals surface area contributed by atoms with Crippen LogP contribution in [0, 0.1) is 0 Å². The second-order valence-electron chi connectivity index (χ2n) is 4.31. The maximum Gasteiger partial charge on any atom is 0.167 e. The maximum atomic E-state index is 5.55. The zero-order valence-corrected chi connectivity index (χ0v) is 11.1. The van der Waals surface area contributed by atoms with Gasteiger partial charge in [0.1, 0.15) is 19.0 Å². The summed E-state index contributed by atoms with van der Waals surface area (Å²) in [5.74, 6) is 2.27. The van der Waals surface area contributed by atoms with Crippen molar-refractivity contribution in [3.63, 3.8) is 0 Å². The lowest BCUT2D eigenvalue weighted by molar-refractivity contribution is -0.830. The molecule has 0 aliphatic carbocycles. The third-order valence-electron chi connectivity index (χ3n) is 2.85. The second kappa shape index (κ2) is 5.77. The van der Waals surface area contributed by atoms with Crippen molar-refractivity contribution in [2.24, 2.45) is 0 Å². The van der Waals surface area contributed by atoms with Crippen LogP contribution in [-0.4, -0.2) is 25.3 Å². The number of hydrogen-bond donors (Lipinski definition) is 2. The van der Waals surface area contributed by atoms with E-state index in [4.69, 9.17) is 14.3 Å². The van der Waals surface area contributed by atoms with E-state index < -0.39 is 0 Å². The van der Waals surface area contributed by atoms with Crippen LogP contribution < -0.4 is 20.3 Å². The van der Waals surface area contributed by atoms with E-state index in [1.165, 1.54) is 0 Å². The molecule has 1 aliphatic heterocycles. The molecule has 104 valence electrons. The second-order valence-corrected chi connectivity index (χ2v) is 4.31. The van der Waals surface area contributed by atoms with Gasteiger partial charge in [0, 0.05) is 30.1 Å². The first-order valence-corrected chi connectivity index (χ1v) is 6.34. The van der Waals surface area contributed by atoms with E-state index in [-0.39, 0.29) is 0 Å². The predicted molar refractivity (Wildman–Crippen MR) is 73.5 cm³/mol. The van der Waals surface area contributed by atoms with Gasteiger partial charge in [-0.25, -0.2) is 9.82 Å². The topological polar surface area (TPSA) is 69.2 Å². The Bertz CT molecular complexity index is 604. The summed E-state index contributed by atoms with van der Waals surface area (Å²) in [6.07, 6.45) is 1.73. The first-order chi connectivity index (χ1) is 9.85. The Balaban J connectivity index is 1.78. The quantitative estimate of drug-likeness (QED) is 0.824. The largest absolute Gasteiger partial charge is 0.486 e. The molecule has 0 radical (unpaired) electrons. The maximum absolute atomic E-state index is 5.55. The first kappa shape index (κ1) is 12.7. The number of pyridine rings is 1. The monoisotopic (exact) mass is 274 g/mol. The number of hydrogen-bond acceptors (Lipinski definition) is 5. The van der Waals surface area contributed by atoms with Crippen LogP contribution in [0.15, 0.2) is 36.5 Å². The number of nitrogens with two attached hydrogens (primary N) is 1. The summed E-state index contributed by atoms with van der Waals surface area (Å²) >= 11 is 0. The summed E-state index contributed by atoms with van der Waals surface area (Å²) in [5.41, 5.74) is 3.51. The molecule has 0 saturated carbocycles. The molecule has 2 aromatic rings. The number of ether oxygens (including phenoxy) is 2. The fourth-order valence-electron chi connectivity index (χ4n) is 1.99. The molecule has 0 bridgehead atoms. The Kier molecular flexibility index (Phi) is 3.67. The van der Waals surface area contributed by atoms with Crippen LogP contribution in [0.5, 0.6) is 11.5 Å². The minimum Gasteiger partial charge on any atom is -0.486 e. The highest BCUT2D eigenvalue weighted by atomic mass is 16.6. The van der Waals surface area contributed by atoms with E-state index in [1.54, 1.807) is 18.8 Å². The molecule has 0 atom stereocenters. The number of nitrogens with zero attached hydrogens (tertiary/aromatic N) is 1. The number of quaternary nitrogens is 1. The lowest BCUT2D eigenvalue weighted by Gasteiger charge is -2.19. The lowest BCUT2D eigenvalue weighted by atomic mass is 10.2. The van der Waals surface area contributed by atoms with Crippen LogP contribution in [-0.2, 0) is 4.84 Å². The van der Waals surface area contributed by atoms with Crippen LogP contribution in [0.2, 0.25) is 0 Å². The molecular weight excluding hydrogens is 258 g/mol. The highest BCUT2D eigenvalue weighted by Crippen LogP contribution is 2.33. The van der Waals surface area contributed by atoms with Crippen LogP contribution >= 0.6 is 0 Å². The summed E-state index contributed by atoms with van der Waals surface area (Å²) < 4.78 is 11.0. The lowest BCUT2D eigenvalue weighted by Crippen LogP contribution is -2.75. The normalized spacial score (nSPS) is 13.1. The van der Waals surface area contributed by atoms with E-state index in [0.717, 1.165) is 28.7 Å². The molecule has 0 spiro atoms. The summed E-state index contributed by atoms with van der Waals surface area (Å²) in [4.78, 5) is 9.26. The number of anilines is 2. The summed E-state index contributed by atoms with van der Waals surface area (Å²) in [5, 5.41) is 3.23. The standard InChI is InChI=1S/C14H15N3O3/c1-18-17-11-4-5-15-14(9-11)16-10-2-3-12-13(8-10)20-7-6-19-12/h2-5,8-9H,6-7H2,1H3,(H2,15,16,17)/p+1. The zero-order chi connectivity index (χ0) is 13.8. The molecule has 3 N–H and O–H groups in total. The van der Waals surface area contributed by atoms with Gasteiger partial charge in [-0.05, 0) is 12.1 Å². The molecule has 0 amide bonds. The predicted octanol–water partition coefficient (Wildman–Crippen LogP) is 1.35. The molecule has 20 heavy (non-hydrogen) atoms. The Hall–Kier alpha value is -2.31. The van der Waals surface area contributed by atoms with Gasteiger partial charge in [0.2, 0.25) is 0 Å². The molecule has 0 unspecified atom stereocenters. The third-order valence-corrected chi connectivity index (χ3v) is 2.85. The molecule has 0 fully saturated rings. The number of benzene rings is 1. The van der Waals surface area contributed by atoms with Gasteiger partial charge >= 0.3 is 0 Å². The van der Waals surface area contributed by atoms with Crippen molar-refractivity contribution >= 4 is 17.2 Å². The average molecular weight is 274 g/mol. The number of nitrogens with one attached hydrogen (secondary N) is 1. The van der Waals surface area contributed by atoms with Crippen molar-refractivity contribution in [2.75, 3.05) is 25.6 Å². The van der Waals surface area contributed by atoms with Crippen molar-refractivity contribution in [3.8, 4) is 11.5 Å². The van der Waals surface area contributed by atoms with E-state index in [2.05, 4.69) is 10.3 Å². The Morgan fingerprint density at radius 1 is 1.15 bits per heavy atom. The SMILES string of the molecule is CO[NH2+]c1ccnc(Nc2ccc3c(c2)OCCO3)c1. The first-order valence-electron chi connectivity index (χ1n) is 6.34. The van der Waals surface area contributed by atoms with Gasteiger partial charge in [0.25, 0.3) is 0 Å². The summed E-state index contributed by atoms with van der Waals surface area (Å²) in [7, 11) is 1.62. The van der Waals surface area contributed by atoms with Crippen molar-refractivity contribution < 1.29 is 19.8 Å². The fraction of sp³-hybridized carbons (Fsp3) is 0.214. The van der Waals surface area contributed by atoms with Crippen LogP contribution in [0.1, 0.15) is 0 Å². The van der Waals surface area contributed by atoms with Gasteiger partial charge in [-0.2, -0.15) is 5.48 Å². The van der Waals surface area contributed by atoms with E-state index >= 15 is 0 Å². The van der Waals surface area contributed by atoms with Crippen molar-refractivity contribution in [1.82, 2.24) is 4.98 Å². The number of aromatic nitrogens is 1. The molecule has 0 saturated heterocycles. The third kappa shape index (κ3) is 2.81. The fourth-order valence-corrected chi connectivity index (χ4v) is 1.99. The van der Waals surface area contributed by atoms with Gasteiger partial charge in [-0.15, -0.1) is 0 Å². The van der Waals surface area contributed by atoms with Gasteiger partial charge in [-0.3, -0.25) is 0 Å². The van der Waals surface area contributed by atoms with Gasteiger partial charge in [0.15, 0.2) is 17.2 Å². The number of fused-ring (bicyclic) bond motifs is 1. The van der Waals surface area contributed by atoms with E-state index in [1.807, 2.05) is 30.3 Å². The Morgan fingerprint density at radius 3 is 2.85 bits per heavy atom. The van der Waals surface area contributed by atoms with Crippen molar-refractivity contribution in [1.29, 1.82) is 0 Å². The molecule has 1 aromatic carbocycles. The molecular formula is C14H16N3O3+. The van der Waals surface area contributed by atoms with Crippen LogP contribution in [0.3, 0.4) is 0 Å². The Morgan fingerprint density at radius 2 is 2.00 bits per heavy atom. The minimum absolute atomic E-state index is 0.576. The molecule has 3 rings (SSSR count). The van der Waals surface area contributed by atoms with E-state index in [9.17, 15) is 0 Å². The van der Waals surface area contributed by atoms with Gasteiger partial charge in [0.05, 0.1) is 7.11 Å². The highest BCUT2D eigenvalue weighted by molar-refractivity contribution is 5.62. The average Bonchev–Trinajstić information content (AvgIpc) is 2.48. The number of rotatable bonds is 4. The smallest absolute Gasteiger partial charge is 0.167 e. The van der Waals surface area contributed by atoms with E-state index in [0.29, 0.717) is 13.2 Å². The van der Waals surface area contributed by atoms with Crippen molar-refractivity contribution in [2.45, 2.75) is 0 Å². The van der Waals surface area contributed by atoms with Crippen LogP contribution in [0.25, 0.3) is 0 Å². The highest BCUT2D eigenvalue weighted by Gasteiger charge is 2.12. The van der Waals surface area contributed by atoms with Crippen molar-refractivity contribution in [3.05, 3.63) is 36.5 Å². The molecule has 1 aromatic heterocycles. The zero-order valence-electron chi connectivity index (χ0n) is 11.1. The molecule has 2 heterocycles. The van der Waals surface area contributed by atoms with Gasteiger partial charge < -0.3 is 14.8 Å². The molecule has 6 heteroatoms.